The molecule has 6 heteroatoms. The summed E-state index contributed by atoms with van der Waals surface area (Å²) in [4.78, 5) is 14.5. The van der Waals surface area contributed by atoms with Crippen molar-refractivity contribution in [1.29, 1.82) is 0 Å². The van der Waals surface area contributed by atoms with Crippen LogP contribution in [0.5, 0.6) is 0 Å². The van der Waals surface area contributed by atoms with Gasteiger partial charge in [0.05, 0.1) is 18.1 Å². The van der Waals surface area contributed by atoms with E-state index < -0.39 is 5.67 Å². The third kappa shape index (κ3) is 2.35. The highest BCUT2D eigenvalue weighted by molar-refractivity contribution is 5.83. The molecule has 0 spiro atoms. The summed E-state index contributed by atoms with van der Waals surface area (Å²) >= 11 is 0. The zero-order chi connectivity index (χ0) is 17.1. The SMILES string of the molecule is O=C(Cc1ccc2cn[nH]c2c1)NC1=CCN(C23CC(F)(C2)C3)C=C1. The molecule has 6 rings (SSSR count). The number of nitrogens with one attached hydrogen (secondary N) is 2. The fourth-order valence-corrected chi connectivity index (χ4v) is 4.34. The first-order valence-corrected chi connectivity index (χ1v) is 8.60. The van der Waals surface area contributed by atoms with E-state index in [0.717, 1.165) is 28.7 Å². The molecule has 1 aromatic heterocycles. The van der Waals surface area contributed by atoms with Gasteiger partial charge in [-0.25, -0.2) is 4.39 Å². The van der Waals surface area contributed by atoms with Gasteiger partial charge in [0.25, 0.3) is 0 Å². The Morgan fingerprint density at radius 3 is 2.92 bits per heavy atom. The molecule has 2 N–H and O–H groups in total. The highest BCUT2D eigenvalue weighted by Crippen LogP contribution is 2.66. The molecule has 0 radical (unpaired) electrons. The van der Waals surface area contributed by atoms with Gasteiger partial charge < -0.3 is 10.2 Å². The summed E-state index contributed by atoms with van der Waals surface area (Å²) in [6.07, 6.45) is 9.93. The van der Waals surface area contributed by atoms with Gasteiger partial charge in [0, 0.05) is 48.6 Å². The van der Waals surface area contributed by atoms with E-state index in [2.05, 4.69) is 20.4 Å². The second kappa shape index (κ2) is 4.94. The highest BCUT2D eigenvalue weighted by atomic mass is 19.1. The second-order valence-corrected chi connectivity index (χ2v) is 7.55. The number of amides is 1. The molecule has 0 saturated heterocycles. The van der Waals surface area contributed by atoms with Crippen LogP contribution in [0.4, 0.5) is 4.39 Å². The topological polar surface area (TPSA) is 61.0 Å². The van der Waals surface area contributed by atoms with Crippen molar-refractivity contribution in [3.05, 3.63) is 54.0 Å². The van der Waals surface area contributed by atoms with E-state index in [0.29, 0.717) is 25.7 Å². The molecule has 25 heavy (non-hydrogen) atoms. The van der Waals surface area contributed by atoms with Crippen LogP contribution in [0.3, 0.4) is 0 Å². The van der Waals surface area contributed by atoms with Crippen molar-refractivity contribution in [3.63, 3.8) is 0 Å². The van der Waals surface area contributed by atoms with Crippen molar-refractivity contribution in [2.24, 2.45) is 0 Å². The first kappa shape index (κ1) is 14.7. The summed E-state index contributed by atoms with van der Waals surface area (Å²) in [6.45, 7) is 0.725. The lowest BCUT2D eigenvalue weighted by Crippen LogP contribution is -2.75. The van der Waals surface area contributed by atoms with Crippen LogP contribution in [0.15, 0.2) is 48.4 Å². The molecular weight excluding hydrogens is 319 g/mol. The number of hydrogen-bond donors (Lipinski definition) is 2. The van der Waals surface area contributed by atoms with Crippen LogP contribution in [0.25, 0.3) is 10.9 Å². The molecular formula is C19H19FN4O. The van der Waals surface area contributed by atoms with E-state index in [4.69, 9.17) is 0 Å². The Morgan fingerprint density at radius 1 is 1.36 bits per heavy atom. The van der Waals surface area contributed by atoms with Crippen LogP contribution in [-0.4, -0.2) is 38.8 Å². The van der Waals surface area contributed by atoms with Gasteiger partial charge in [0.1, 0.15) is 5.67 Å². The number of benzene rings is 1. The molecule has 3 aliphatic carbocycles. The summed E-state index contributed by atoms with van der Waals surface area (Å²) in [5.41, 5.74) is 1.84. The van der Waals surface area contributed by atoms with Gasteiger partial charge in [0.15, 0.2) is 0 Å². The summed E-state index contributed by atoms with van der Waals surface area (Å²) in [5.74, 6) is -0.0450. The maximum atomic E-state index is 13.7. The summed E-state index contributed by atoms with van der Waals surface area (Å²) < 4.78 is 13.7. The Balaban J connectivity index is 1.19. The lowest BCUT2D eigenvalue weighted by molar-refractivity contribution is -0.212. The number of aromatic amines is 1. The minimum Gasteiger partial charge on any atom is -0.368 e. The number of carbonyl (C=O) groups is 1. The van der Waals surface area contributed by atoms with Crippen LogP contribution in [-0.2, 0) is 11.2 Å². The van der Waals surface area contributed by atoms with Crippen LogP contribution in [0, 0.1) is 0 Å². The molecule has 2 heterocycles. The van der Waals surface area contributed by atoms with Crippen molar-refractivity contribution in [2.45, 2.75) is 36.9 Å². The molecule has 128 valence electrons. The molecule has 5 nitrogen and oxygen atoms in total. The fourth-order valence-electron chi connectivity index (χ4n) is 4.34. The molecule has 1 aliphatic heterocycles. The smallest absolute Gasteiger partial charge is 0.228 e. The van der Waals surface area contributed by atoms with Gasteiger partial charge in [-0.2, -0.15) is 5.10 Å². The first-order valence-electron chi connectivity index (χ1n) is 8.60. The maximum Gasteiger partial charge on any atom is 0.228 e. The van der Waals surface area contributed by atoms with Crippen molar-refractivity contribution in [2.75, 3.05) is 6.54 Å². The monoisotopic (exact) mass is 338 g/mol. The molecule has 2 aromatic rings. The molecule has 4 aliphatic rings. The Labute approximate surface area is 144 Å². The summed E-state index contributed by atoms with van der Waals surface area (Å²) in [6, 6.07) is 5.85. The fraction of sp³-hybridized carbons (Fsp3) is 0.368. The van der Waals surface area contributed by atoms with E-state index in [1.54, 1.807) is 6.20 Å². The number of carbonyl (C=O) groups excluding carboxylic acids is 1. The van der Waals surface area contributed by atoms with Gasteiger partial charge in [-0.1, -0.05) is 12.1 Å². The van der Waals surface area contributed by atoms with Crippen LogP contribution in [0.2, 0.25) is 0 Å². The maximum absolute atomic E-state index is 13.7. The third-order valence-electron chi connectivity index (χ3n) is 5.64. The lowest BCUT2D eigenvalue weighted by Gasteiger charge is -2.69. The quantitative estimate of drug-likeness (QED) is 0.901. The second-order valence-electron chi connectivity index (χ2n) is 7.55. The van der Waals surface area contributed by atoms with Crippen LogP contribution < -0.4 is 5.32 Å². The predicted molar refractivity (Wildman–Crippen MR) is 92.3 cm³/mol. The number of hydrogen-bond acceptors (Lipinski definition) is 3. The summed E-state index contributed by atoms with van der Waals surface area (Å²) in [7, 11) is 0. The zero-order valence-electron chi connectivity index (χ0n) is 13.8. The van der Waals surface area contributed by atoms with E-state index >= 15 is 0 Å². The lowest BCUT2D eigenvalue weighted by atomic mass is 9.46. The minimum atomic E-state index is -0.887. The molecule has 3 fully saturated rings. The van der Waals surface area contributed by atoms with Gasteiger partial charge >= 0.3 is 0 Å². The van der Waals surface area contributed by atoms with Gasteiger partial charge in [-0.05, 0) is 23.8 Å². The van der Waals surface area contributed by atoms with Gasteiger partial charge in [-0.3, -0.25) is 9.89 Å². The Bertz CT molecular complexity index is 909. The van der Waals surface area contributed by atoms with E-state index in [1.165, 1.54) is 0 Å². The summed E-state index contributed by atoms with van der Waals surface area (Å²) in [5, 5.41) is 10.9. The Hall–Kier alpha value is -2.63. The van der Waals surface area contributed by atoms with Crippen LogP contribution in [0.1, 0.15) is 24.8 Å². The number of fused-ring (bicyclic) bond motifs is 1. The largest absolute Gasteiger partial charge is 0.368 e. The minimum absolute atomic E-state index is 0.0385. The normalized spacial score (nSPS) is 29.8. The predicted octanol–water partition coefficient (Wildman–Crippen LogP) is 2.58. The first-order chi connectivity index (χ1) is 12.0. The van der Waals surface area contributed by atoms with Crippen molar-refractivity contribution in [1.82, 2.24) is 20.4 Å². The van der Waals surface area contributed by atoms with Gasteiger partial charge in [0.2, 0.25) is 5.91 Å². The van der Waals surface area contributed by atoms with E-state index in [1.807, 2.05) is 36.6 Å². The third-order valence-corrected chi connectivity index (χ3v) is 5.64. The molecule has 1 aromatic carbocycles. The van der Waals surface area contributed by atoms with Crippen molar-refractivity contribution in [3.8, 4) is 0 Å². The van der Waals surface area contributed by atoms with Crippen LogP contribution >= 0.6 is 0 Å². The van der Waals surface area contributed by atoms with Gasteiger partial charge in [-0.15, -0.1) is 0 Å². The Morgan fingerprint density at radius 2 is 2.20 bits per heavy atom. The number of rotatable bonds is 4. The number of nitrogens with zero attached hydrogens (tertiary/aromatic N) is 2. The number of allylic oxidation sites excluding steroid dienone is 1. The number of H-pyrrole nitrogens is 1. The molecule has 3 saturated carbocycles. The molecule has 0 atom stereocenters. The highest BCUT2D eigenvalue weighted by Gasteiger charge is 2.71. The molecule has 0 unspecified atom stereocenters. The molecule has 1 amide bonds. The number of alkyl halides is 1. The van der Waals surface area contributed by atoms with E-state index in [-0.39, 0.29) is 11.4 Å². The zero-order valence-corrected chi connectivity index (χ0v) is 13.8. The number of halogens is 1. The van der Waals surface area contributed by atoms with Crippen molar-refractivity contribution < 1.29 is 9.18 Å². The number of aromatic nitrogens is 2. The Kier molecular flexibility index (Phi) is 2.90. The average molecular weight is 338 g/mol. The van der Waals surface area contributed by atoms with E-state index in [9.17, 15) is 9.18 Å². The molecule has 2 bridgehead atoms. The average Bonchev–Trinajstić information content (AvgIpc) is 2.99. The van der Waals surface area contributed by atoms with Crippen molar-refractivity contribution >= 4 is 16.8 Å². The standard InChI is InChI=1S/C19H19FN4O/c20-18-10-19(11-18,12-18)24-5-3-15(4-6-24)22-17(25)8-13-1-2-14-9-21-23-16(14)7-13/h1-5,7,9H,6,8,10-12H2,(H,21,23)(H,22,25).